The molecule has 0 saturated heterocycles. The molecule has 1 aliphatic rings. The molecule has 3 heteroatoms. The number of rotatable bonds is 6. The Hall–Kier alpha value is -1.09. The van der Waals surface area contributed by atoms with Gasteiger partial charge in [0.05, 0.1) is 0 Å². The van der Waals surface area contributed by atoms with Gasteiger partial charge in [-0.05, 0) is 50.8 Å². The molecule has 0 radical (unpaired) electrons. The molecule has 1 rings (SSSR count). The van der Waals surface area contributed by atoms with Crippen LogP contribution in [0.5, 0.6) is 0 Å². The highest BCUT2D eigenvalue weighted by Crippen LogP contribution is 2.32. The fourth-order valence-corrected chi connectivity index (χ4v) is 2.20. The Bertz CT molecular complexity index is 361. The summed E-state index contributed by atoms with van der Waals surface area (Å²) in [6.07, 6.45) is 8.85. The van der Waals surface area contributed by atoms with Crippen molar-refractivity contribution in [3.63, 3.8) is 0 Å². The average molecular weight is 264 g/mol. The van der Waals surface area contributed by atoms with Gasteiger partial charge in [0.1, 0.15) is 0 Å². The summed E-state index contributed by atoms with van der Waals surface area (Å²) in [6, 6.07) is 0. The quantitative estimate of drug-likeness (QED) is 0.724. The van der Waals surface area contributed by atoms with E-state index < -0.39 is 0 Å². The molecule has 0 spiro atoms. The van der Waals surface area contributed by atoms with E-state index in [0.717, 1.165) is 37.9 Å². The Labute approximate surface area is 117 Å². The Balaban J connectivity index is 2.36. The molecule has 1 amide bonds. The molecule has 2 N–H and O–H groups in total. The van der Waals surface area contributed by atoms with Gasteiger partial charge in [-0.25, -0.2) is 0 Å². The summed E-state index contributed by atoms with van der Waals surface area (Å²) in [4.78, 5) is 11.8. The van der Waals surface area contributed by atoms with Crippen LogP contribution in [0.4, 0.5) is 0 Å². The predicted molar refractivity (Wildman–Crippen MR) is 80.8 cm³/mol. The number of unbranched alkanes of at least 4 members (excludes halogenated alkanes) is 1. The molecule has 0 bridgehead atoms. The predicted octanol–water partition coefficient (Wildman–Crippen LogP) is 3.14. The average Bonchev–Trinajstić information content (AvgIpc) is 2.34. The van der Waals surface area contributed by atoms with Crippen molar-refractivity contribution in [1.82, 2.24) is 10.6 Å². The van der Waals surface area contributed by atoms with Crippen molar-refractivity contribution in [1.29, 1.82) is 0 Å². The summed E-state index contributed by atoms with van der Waals surface area (Å²) in [5.41, 5.74) is 2.75. The first kappa shape index (κ1) is 16.0. The second kappa shape index (κ2) is 7.49. The molecule has 0 aromatic rings. The summed E-state index contributed by atoms with van der Waals surface area (Å²) in [7, 11) is 1.94. The Morgan fingerprint density at radius 1 is 1.21 bits per heavy atom. The molecule has 1 aliphatic carbocycles. The van der Waals surface area contributed by atoms with Crippen molar-refractivity contribution in [3.8, 4) is 0 Å². The summed E-state index contributed by atoms with van der Waals surface area (Å²) in [5.74, 6) is 0.148. The fourth-order valence-electron chi connectivity index (χ4n) is 2.20. The van der Waals surface area contributed by atoms with Gasteiger partial charge in [0.15, 0.2) is 0 Å². The van der Waals surface area contributed by atoms with Crippen molar-refractivity contribution < 1.29 is 4.79 Å². The molecule has 19 heavy (non-hydrogen) atoms. The van der Waals surface area contributed by atoms with Crippen molar-refractivity contribution in [3.05, 3.63) is 23.4 Å². The normalized spacial score (nSPS) is 15.8. The van der Waals surface area contributed by atoms with E-state index in [1.807, 2.05) is 7.05 Å². The number of hydrogen-bond donors (Lipinski definition) is 2. The molecule has 108 valence electrons. The number of carbonyl (C=O) groups is 1. The van der Waals surface area contributed by atoms with Gasteiger partial charge in [-0.1, -0.05) is 32.4 Å². The lowest BCUT2D eigenvalue weighted by Gasteiger charge is -2.26. The van der Waals surface area contributed by atoms with Crippen LogP contribution in [0.25, 0.3) is 0 Å². The minimum atomic E-state index is 0.148. The zero-order chi connectivity index (χ0) is 14.3. The monoisotopic (exact) mass is 264 g/mol. The molecular formula is C16H28N2O. The van der Waals surface area contributed by atoms with Crippen molar-refractivity contribution in [2.75, 3.05) is 13.6 Å². The van der Waals surface area contributed by atoms with E-state index >= 15 is 0 Å². The van der Waals surface area contributed by atoms with Crippen molar-refractivity contribution >= 4 is 5.91 Å². The van der Waals surface area contributed by atoms with E-state index in [0.29, 0.717) is 6.42 Å². The lowest BCUT2D eigenvalue weighted by atomic mass is 9.81. The van der Waals surface area contributed by atoms with E-state index in [-0.39, 0.29) is 11.3 Å². The van der Waals surface area contributed by atoms with Gasteiger partial charge in [-0.3, -0.25) is 4.79 Å². The van der Waals surface area contributed by atoms with E-state index in [9.17, 15) is 4.79 Å². The molecule has 0 atom stereocenters. The van der Waals surface area contributed by atoms with Crippen LogP contribution < -0.4 is 10.6 Å². The van der Waals surface area contributed by atoms with Crippen LogP contribution in [0.1, 0.15) is 52.9 Å². The number of nitrogens with one attached hydrogen (secondary N) is 2. The summed E-state index contributed by atoms with van der Waals surface area (Å²) in [5, 5.41) is 6.12. The maximum Gasteiger partial charge on any atom is 0.224 e. The third-order valence-corrected chi connectivity index (χ3v) is 3.49. The van der Waals surface area contributed by atoms with Gasteiger partial charge in [-0.15, -0.1) is 0 Å². The van der Waals surface area contributed by atoms with Gasteiger partial charge < -0.3 is 10.6 Å². The first-order chi connectivity index (χ1) is 8.93. The molecule has 0 aromatic carbocycles. The van der Waals surface area contributed by atoms with Crippen LogP contribution in [-0.4, -0.2) is 19.5 Å². The smallest absolute Gasteiger partial charge is 0.224 e. The number of carbonyl (C=O) groups excluding carboxylic acids is 1. The lowest BCUT2D eigenvalue weighted by Crippen LogP contribution is -2.24. The van der Waals surface area contributed by atoms with Crippen LogP contribution >= 0.6 is 0 Å². The molecule has 0 fully saturated rings. The van der Waals surface area contributed by atoms with Gasteiger partial charge in [0, 0.05) is 12.1 Å². The van der Waals surface area contributed by atoms with Gasteiger partial charge in [0.25, 0.3) is 0 Å². The molecule has 0 heterocycles. The standard InChI is InChI=1S/C16H28N2O/c1-16(2,3)13-8-10-14(11-9-13)18-15(19)7-5-6-12-17-4/h8,10,17H,5-7,9,11-12H2,1-4H3,(H,18,19). The zero-order valence-electron chi connectivity index (χ0n) is 12.8. The summed E-state index contributed by atoms with van der Waals surface area (Å²) < 4.78 is 0. The molecule has 3 nitrogen and oxygen atoms in total. The molecule has 0 aliphatic heterocycles. The van der Waals surface area contributed by atoms with Gasteiger partial charge in [0.2, 0.25) is 5.91 Å². The van der Waals surface area contributed by atoms with Crippen LogP contribution in [-0.2, 0) is 4.79 Å². The molecule has 0 unspecified atom stereocenters. The fraction of sp³-hybridized carbons (Fsp3) is 0.688. The van der Waals surface area contributed by atoms with Crippen LogP contribution in [0.15, 0.2) is 23.4 Å². The van der Waals surface area contributed by atoms with E-state index in [2.05, 4.69) is 43.6 Å². The first-order valence-corrected chi connectivity index (χ1v) is 7.28. The van der Waals surface area contributed by atoms with Crippen molar-refractivity contribution in [2.45, 2.75) is 52.9 Å². The second-order valence-electron chi connectivity index (χ2n) is 6.24. The largest absolute Gasteiger partial charge is 0.330 e. The number of allylic oxidation sites excluding steroid dienone is 4. The minimum Gasteiger partial charge on any atom is -0.330 e. The van der Waals surface area contributed by atoms with Gasteiger partial charge in [-0.2, -0.15) is 0 Å². The van der Waals surface area contributed by atoms with Crippen LogP contribution in [0.2, 0.25) is 0 Å². The zero-order valence-corrected chi connectivity index (χ0v) is 12.8. The molecule has 0 aromatic heterocycles. The van der Waals surface area contributed by atoms with Gasteiger partial charge >= 0.3 is 0 Å². The third-order valence-electron chi connectivity index (χ3n) is 3.49. The highest BCUT2D eigenvalue weighted by atomic mass is 16.1. The highest BCUT2D eigenvalue weighted by Gasteiger charge is 2.19. The third kappa shape index (κ3) is 6.06. The molecule has 0 saturated carbocycles. The topological polar surface area (TPSA) is 41.1 Å². The number of hydrogen-bond acceptors (Lipinski definition) is 2. The van der Waals surface area contributed by atoms with Crippen LogP contribution in [0.3, 0.4) is 0 Å². The minimum absolute atomic E-state index is 0.148. The van der Waals surface area contributed by atoms with E-state index in [4.69, 9.17) is 0 Å². The SMILES string of the molecule is CNCCCCC(=O)NC1=CC=C(C(C)(C)C)CC1. The Morgan fingerprint density at radius 3 is 2.47 bits per heavy atom. The summed E-state index contributed by atoms with van der Waals surface area (Å²) in [6.45, 7) is 7.68. The molecular weight excluding hydrogens is 236 g/mol. The maximum atomic E-state index is 11.8. The van der Waals surface area contributed by atoms with E-state index in [1.165, 1.54) is 5.57 Å². The maximum absolute atomic E-state index is 11.8. The number of amides is 1. The second-order valence-corrected chi connectivity index (χ2v) is 6.24. The lowest BCUT2D eigenvalue weighted by molar-refractivity contribution is -0.120. The van der Waals surface area contributed by atoms with Crippen molar-refractivity contribution in [2.24, 2.45) is 5.41 Å². The highest BCUT2D eigenvalue weighted by molar-refractivity contribution is 5.77. The first-order valence-electron chi connectivity index (χ1n) is 7.28. The Kier molecular flexibility index (Phi) is 6.29. The van der Waals surface area contributed by atoms with E-state index in [1.54, 1.807) is 0 Å². The summed E-state index contributed by atoms with van der Waals surface area (Å²) >= 11 is 0. The van der Waals surface area contributed by atoms with Crippen LogP contribution in [0, 0.1) is 5.41 Å². The Morgan fingerprint density at radius 2 is 1.95 bits per heavy atom.